The van der Waals surface area contributed by atoms with Gasteiger partial charge in [0.1, 0.15) is 18.2 Å². The highest BCUT2D eigenvalue weighted by Crippen LogP contribution is 2.33. The molecular formula is C24H38N4O. The fourth-order valence-electron chi connectivity index (χ4n) is 3.30. The van der Waals surface area contributed by atoms with Crippen LogP contribution in [0.1, 0.15) is 57.5 Å². The van der Waals surface area contributed by atoms with Crippen molar-refractivity contribution in [2.24, 2.45) is 0 Å². The Labute approximate surface area is 176 Å². The number of rotatable bonds is 11. The first-order chi connectivity index (χ1) is 13.9. The van der Waals surface area contributed by atoms with Crippen molar-refractivity contribution in [3.05, 3.63) is 35.2 Å². The van der Waals surface area contributed by atoms with Crippen molar-refractivity contribution >= 4 is 5.82 Å². The van der Waals surface area contributed by atoms with Crippen LogP contribution in [0.15, 0.2) is 18.2 Å². The normalized spacial score (nSPS) is 11.3. The summed E-state index contributed by atoms with van der Waals surface area (Å²) in [6.45, 7) is 12.3. The van der Waals surface area contributed by atoms with E-state index >= 15 is 0 Å². The maximum atomic E-state index is 6.16. The van der Waals surface area contributed by atoms with Crippen molar-refractivity contribution in [2.45, 2.75) is 66.3 Å². The van der Waals surface area contributed by atoms with E-state index in [1.165, 1.54) is 5.56 Å². The lowest BCUT2D eigenvalue weighted by Crippen LogP contribution is -2.21. The molecule has 2 rings (SSSR count). The maximum Gasteiger partial charge on any atom is 0.148 e. The van der Waals surface area contributed by atoms with Crippen LogP contribution in [0.5, 0.6) is 5.75 Å². The number of hydrogen-bond donors (Lipinski definition) is 1. The molecule has 0 radical (unpaired) electrons. The molecule has 0 unspecified atom stereocenters. The topological polar surface area (TPSA) is 50.3 Å². The summed E-state index contributed by atoms with van der Waals surface area (Å²) in [6, 6.07) is 6.77. The lowest BCUT2D eigenvalue weighted by Gasteiger charge is -2.20. The predicted octanol–water partition coefficient (Wildman–Crippen LogP) is 5.12. The Morgan fingerprint density at radius 3 is 2.28 bits per heavy atom. The summed E-state index contributed by atoms with van der Waals surface area (Å²) >= 11 is 0. The number of likely N-dealkylation sites (N-methyl/N-ethyl adjacent to an activating group) is 1. The van der Waals surface area contributed by atoms with Crippen LogP contribution < -0.4 is 10.1 Å². The van der Waals surface area contributed by atoms with Gasteiger partial charge in [0.15, 0.2) is 0 Å². The Morgan fingerprint density at radius 2 is 1.69 bits per heavy atom. The van der Waals surface area contributed by atoms with E-state index in [1.54, 1.807) is 0 Å². The number of nitrogens with one attached hydrogen (secondary N) is 1. The highest BCUT2D eigenvalue weighted by atomic mass is 16.5. The first-order valence-corrected chi connectivity index (χ1v) is 11.0. The fraction of sp³-hybridized carbons (Fsp3) is 0.583. The first-order valence-electron chi connectivity index (χ1n) is 11.0. The third kappa shape index (κ3) is 6.17. The summed E-state index contributed by atoms with van der Waals surface area (Å²) < 4.78 is 6.16. The van der Waals surface area contributed by atoms with E-state index in [-0.39, 0.29) is 0 Å². The quantitative estimate of drug-likeness (QED) is 0.569. The Kier molecular flexibility index (Phi) is 8.90. The third-order valence-electron chi connectivity index (χ3n) is 5.22. The number of aromatic nitrogens is 2. The van der Waals surface area contributed by atoms with Crippen molar-refractivity contribution in [3.63, 3.8) is 0 Å². The van der Waals surface area contributed by atoms with E-state index in [0.29, 0.717) is 12.6 Å². The Hall–Kier alpha value is -2.14. The van der Waals surface area contributed by atoms with Crippen LogP contribution in [-0.2, 0) is 12.8 Å². The number of hydrogen-bond acceptors (Lipinski definition) is 5. The van der Waals surface area contributed by atoms with Crippen LogP contribution in [0.4, 0.5) is 5.82 Å². The molecule has 0 saturated carbocycles. The van der Waals surface area contributed by atoms with Gasteiger partial charge in [-0.1, -0.05) is 33.8 Å². The molecule has 0 aliphatic carbocycles. The first kappa shape index (κ1) is 23.1. The molecule has 1 heterocycles. The van der Waals surface area contributed by atoms with E-state index in [9.17, 15) is 0 Å². The SMILES string of the molecule is CCc1nc(-c2ccc(C)cc2OCCN(C)C)c(CC)nc1NC(CC)CC. The summed E-state index contributed by atoms with van der Waals surface area (Å²) in [7, 11) is 4.11. The van der Waals surface area contributed by atoms with Crippen molar-refractivity contribution in [1.29, 1.82) is 0 Å². The zero-order chi connectivity index (χ0) is 21.4. The van der Waals surface area contributed by atoms with Crippen LogP contribution in [0.3, 0.4) is 0 Å². The molecule has 1 N–H and O–H groups in total. The summed E-state index contributed by atoms with van der Waals surface area (Å²) in [4.78, 5) is 12.2. The zero-order valence-corrected chi connectivity index (χ0v) is 19.3. The molecule has 5 heteroatoms. The van der Waals surface area contributed by atoms with Crippen LogP contribution >= 0.6 is 0 Å². The molecular weight excluding hydrogens is 360 g/mol. The van der Waals surface area contributed by atoms with Crippen LogP contribution in [0.25, 0.3) is 11.3 Å². The van der Waals surface area contributed by atoms with Gasteiger partial charge in [0, 0.05) is 18.2 Å². The number of nitrogens with zero attached hydrogens (tertiary/aromatic N) is 3. The fourth-order valence-corrected chi connectivity index (χ4v) is 3.30. The van der Waals surface area contributed by atoms with Gasteiger partial charge in [0.05, 0.1) is 17.1 Å². The molecule has 2 aromatic rings. The molecule has 0 atom stereocenters. The second kappa shape index (κ2) is 11.1. The average Bonchev–Trinajstić information content (AvgIpc) is 2.71. The maximum absolute atomic E-state index is 6.16. The standard InChI is InChI=1S/C24H38N4O/c1-8-18(9-2)25-24-21(11-4)26-23(20(10-3)27-24)19-13-12-17(5)16-22(19)29-15-14-28(6)7/h12-13,16,18H,8-11,14-15H2,1-7H3,(H,25,27). The van der Waals surface area contributed by atoms with Crippen molar-refractivity contribution in [2.75, 3.05) is 32.6 Å². The lowest BCUT2D eigenvalue weighted by molar-refractivity contribution is 0.262. The van der Waals surface area contributed by atoms with E-state index in [4.69, 9.17) is 14.7 Å². The van der Waals surface area contributed by atoms with Crippen LogP contribution in [-0.4, -0.2) is 48.2 Å². The predicted molar refractivity (Wildman–Crippen MR) is 123 cm³/mol. The van der Waals surface area contributed by atoms with Gasteiger partial charge in [-0.05, 0) is 64.4 Å². The lowest BCUT2D eigenvalue weighted by atomic mass is 10.0. The molecule has 0 bridgehead atoms. The molecule has 1 aromatic heterocycles. The molecule has 0 saturated heterocycles. The highest BCUT2D eigenvalue weighted by Gasteiger charge is 2.18. The van der Waals surface area contributed by atoms with Gasteiger partial charge in [0.25, 0.3) is 0 Å². The number of aryl methyl sites for hydroxylation is 3. The molecule has 0 fully saturated rings. The molecule has 160 valence electrons. The summed E-state index contributed by atoms with van der Waals surface area (Å²) in [5, 5.41) is 3.61. The van der Waals surface area contributed by atoms with Crippen molar-refractivity contribution in [3.8, 4) is 17.0 Å². The van der Waals surface area contributed by atoms with Crippen molar-refractivity contribution in [1.82, 2.24) is 14.9 Å². The van der Waals surface area contributed by atoms with Crippen LogP contribution in [0.2, 0.25) is 0 Å². The molecule has 0 aliphatic rings. The number of benzene rings is 1. The van der Waals surface area contributed by atoms with Gasteiger partial charge in [0.2, 0.25) is 0 Å². The van der Waals surface area contributed by atoms with E-state index < -0.39 is 0 Å². The molecule has 5 nitrogen and oxygen atoms in total. The van der Waals surface area contributed by atoms with Crippen LogP contribution in [0, 0.1) is 6.92 Å². The second-order valence-corrected chi connectivity index (χ2v) is 7.83. The number of anilines is 1. The van der Waals surface area contributed by atoms with E-state index in [2.05, 4.69) is 77.1 Å². The minimum absolute atomic E-state index is 0.425. The summed E-state index contributed by atoms with van der Waals surface area (Å²) in [5.74, 6) is 1.82. The van der Waals surface area contributed by atoms with Crippen molar-refractivity contribution < 1.29 is 4.74 Å². The molecule has 1 aromatic carbocycles. The van der Waals surface area contributed by atoms with Gasteiger partial charge in [-0.25, -0.2) is 9.97 Å². The van der Waals surface area contributed by atoms with Gasteiger partial charge in [-0.2, -0.15) is 0 Å². The van der Waals surface area contributed by atoms with Gasteiger partial charge < -0.3 is 15.0 Å². The third-order valence-corrected chi connectivity index (χ3v) is 5.22. The van der Waals surface area contributed by atoms with Gasteiger partial charge in [-0.3, -0.25) is 0 Å². The molecule has 0 aliphatic heterocycles. The number of ether oxygens (including phenoxy) is 1. The Balaban J connectivity index is 2.48. The monoisotopic (exact) mass is 398 g/mol. The minimum atomic E-state index is 0.425. The van der Waals surface area contributed by atoms with E-state index in [0.717, 1.165) is 66.4 Å². The van der Waals surface area contributed by atoms with E-state index in [1.807, 2.05) is 0 Å². The van der Waals surface area contributed by atoms with Gasteiger partial charge in [-0.15, -0.1) is 0 Å². The summed E-state index contributed by atoms with van der Waals surface area (Å²) in [5.41, 5.74) is 5.19. The Morgan fingerprint density at radius 1 is 1.00 bits per heavy atom. The average molecular weight is 399 g/mol. The smallest absolute Gasteiger partial charge is 0.148 e. The molecule has 29 heavy (non-hydrogen) atoms. The minimum Gasteiger partial charge on any atom is -0.492 e. The second-order valence-electron chi connectivity index (χ2n) is 7.83. The highest BCUT2D eigenvalue weighted by molar-refractivity contribution is 5.71. The molecule has 0 amide bonds. The summed E-state index contributed by atoms with van der Waals surface area (Å²) in [6.07, 6.45) is 3.82. The Bertz CT molecular complexity index is 785. The van der Waals surface area contributed by atoms with Gasteiger partial charge >= 0.3 is 0 Å². The molecule has 0 spiro atoms. The zero-order valence-electron chi connectivity index (χ0n) is 19.3. The largest absolute Gasteiger partial charge is 0.492 e.